The van der Waals surface area contributed by atoms with Gasteiger partial charge in [0.25, 0.3) is 0 Å². The molecule has 2 aliphatic rings. The molecule has 2 N–H and O–H groups in total. The average molecular weight is 460 g/mol. The number of nitrogens with two attached hydrogens (primary N) is 1. The summed E-state index contributed by atoms with van der Waals surface area (Å²) in [6.45, 7) is 7.18. The van der Waals surface area contributed by atoms with Gasteiger partial charge in [0, 0.05) is 11.8 Å². The van der Waals surface area contributed by atoms with Crippen LogP contribution >= 0.6 is 0 Å². The molecule has 1 saturated heterocycles. The molecule has 2 bridgehead atoms. The van der Waals surface area contributed by atoms with Crippen molar-refractivity contribution in [2.45, 2.75) is 35.3 Å². The van der Waals surface area contributed by atoms with Crippen molar-refractivity contribution in [1.82, 2.24) is 4.98 Å². The van der Waals surface area contributed by atoms with Crippen molar-refractivity contribution in [3.63, 3.8) is 0 Å². The summed E-state index contributed by atoms with van der Waals surface area (Å²) in [5, 5.41) is -1.15. The molecule has 0 saturated carbocycles. The van der Waals surface area contributed by atoms with E-state index in [-0.39, 0.29) is 41.2 Å². The molecule has 10 heteroatoms. The Balaban J connectivity index is 1.80. The summed E-state index contributed by atoms with van der Waals surface area (Å²) in [6.07, 6.45) is 2.41. The second-order valence-corrected chi connectivity index (χ2v) is 10.5. The van der Waals surface area contributed by atoms with Crippen LogP contribution in [0.25, 0.3) is 16.7 Å². The quantitative estimate of drug-likeness (QED) is 0.696. The van der Waals surface area contributed by atoms with Gasteiger partial charge in [-0.3, -0.25) is 9.98 Å². The summed E-state index contributed by atoms with van der Waals surface area (Å²) in [5.74, 6) is -1.82. The Hall–Kier alpha value is -3.19. The van der Waals surface area contributed by atoms with Gasteiger partial charge in [0.1, 0.15) is 29.7 Å². The van der Waals surface area contributed by atoms with Crippen molar-refractivity contribution in [3.05, 3.63) is 70.6 Å². The van der Waals surface area contributed by atoms with Crippen molar-refractivity contribution in [1.29, 1.82) is 0 Å². The number of aromatic nitrogens is 1. The SMILES string of the molecule is [C-]#[N+]c1ccc(/C(F)=C/c2ccc(F)c([C@@]3(C)N=C(N)[C@]4(CF)CC[C@@H]3S4(=O)=O)c2)nc1. The molecule has 32 heavy (non-hydrogen) atoms. The highest BCUT2D eigenvalue weighted by molar-refractivity contribution is 7.94. The normalized spacial score (nSPS) is 28.8. The van der Waals surface area contributed by atoms with Gasteiger partial charge >= 0.3 is 0 Å². The Kier molecular flexibility index (Phi) is 5.12. The number of alkyl halides is 1. The number of sulfone groups is 1. The minimum absolute atomic E-state index is 0.0134. The Labute approximate surface area is 183 Å². The number of aliphatic imine (C=N–C) groups is 1. The zero-order valence-corrected chi connectivity index (χ0v) is 17.8. The summed E-state index contributed by atoms with van der Waals surface area (Å²) in [4.78, 5) is 11.4. The van der Waals surface area contributed by atoms with Crippen LogP contribution in [-0.2, 0) is 15.4 Å². The van der Waals surface area contributed by atoms with Gasteiger partial charge in [-0.2, -0.15) is 0 Å². The molecule has 0 amide bonds. The molecule has 3 atom stereocenters. The van der Waals surface area contributed by atoms with Crippen LogP contribution in [0.15, 0.2) is 41.5 Å². The highest BCUT2D eigenvalue weighted by Gasteiger charge is 2.65. The largest absolute Gasteiger partial charge is 0.386 e. The van der Waals surface area contributed by atoms with E-state index in [1.54, 1.807) is 0 Å². The summed E-state index contributed by atoms with van der Waals surface area (Å²) in [5.41, 5.74) is 4.77. The summed E-state index contributed by atoms with van der Waals surface area (Å²) < 4.78 is 67.7. The highest BCUT2D eigenvalue weighted by Crippen LogP contribution is 2.51. The fraction of sp³-hybridized carbons (Fsp3) is 0.318. The average Bonchev–Trinajstić information content (AvgIpc) is 2.98. The molecule has 1 aromatic carbocycles. The van der Waals surface area contributed by atoms with E-state index in [1.807, 2.05) is 0 Å². The Morgan fingerprint density at radius 2 is 2.12 bits per heavy atom. The van der Waals surface area contributed by atoms with E-state index in [0.29, 0.717) is 0 Å². The molecule has 0 spiro atoms. The molecule has 6 nitrogen and oxygen atoms in total. The maximum Gasteiger partial charge on any atom is 0.205 e. The number of amidine groups is 1. The van der Waals surface area contributed by atoms with E-state index >= 15 is 0 Å². The molecular formula is C22H19F3N4O2S. The lowest BCUT2D eigenvalue weighted by Gasteiger charge is -2.39. The maximum atomic E-state index is 14.9. The summed E-state index contributed by atoms with van der Waals surface area (Å²) in [7, 11) is -4.07. The smallest absolute Gasteiger partial charge is 0.205 e. The first kappa shape index (κ1) is 22.0. The van der Waals surface area contributed by atoms with Crippen molar-refractivity contribution >= 4 is 33.3 Å². The second kappa shape index (κ2) is 7.45. The number of halogens is 3. The third kappa shape index (κ3) is 3.03. The first-order chi connectivity index (χ1) is 15.1. The van der Waals surface area contributed by atoms with E-state index in [9.17, 15) is 21.6 Å². The van der Waals surface area contributed by atoms with Gasteiger partial charge in [-0.05, 0) is 49.6 Å². The molecule has 0 unspecified atom stereocenters. The van der Waals surface area contributed by atoms with Crippen LogP contribution in [0.5, 0.6) is 0 Å². The monoisotopic (exact) mass is 460 g/mol. The number of nitrogens with zero attached hydrogens (tertiary/aromatic N) is 3. The molecule has 2 aromatic rings. The van der Waals surface area contributed by atoms with Crippen molar-refractivity contribution < 1.29 is 21.6 Å². The summed E-state index contributed by atoms with van der Waals surface area (Å²) >= 11 is 0. The van der Waals surface area contributed by atoms with Gasteiger partial charge in [0.2, 0.25) is 5.69 Å². The van der Waals surface area contributed by atoms with E-state index in [1.165, 1.54) is 37.4 Å². The molecular weight excluding hydrogens is 441 g/mol. The lowest BCUT2D eigenvalue weighted by Crippen LogP contribution is -2.58. The topological polar surface area (TPSA) is 89.8 Å². The molecule has 4 rings (SSSR count). The second-order valence-electron chi connectivity index (χ2n) is 8.09. The molecule has 0 radical (unpaired) electrons. The standard InChI is InChI=1S/C22H19F3N4O2S/c1-21(19-7-8-22(12-23,20(26)29-21)32(19,30)31)15-9-13(3-5-16(15)24)10-17(25)18-6-4-14(27-2)11-28-18/h3-6,9-11,19H,7-8,12H2,1H3,(H2,26,29)/b17-10-/t19-,21+,22+/m0/s1. The number of rotatable bonds is 4. The van der Waals surface area contributed by atoms with E-state index < -0.39 is 43.7 Å². The van der Waals surface area contributed by atoms with Crippen LogP contribution < -0.4 is 5.73 Å². The fourth-order valence-corrected chi connectivity index (χ4v) is 7.14. The number of pyridine rings is 1. The van der Waals surface area contributed by atoms with Gasteiger partial charge in [0.05, 0.1) is 17.5 Å². The van der Waals surface area contributed by atoms with Crippen LogP contribution in [0.1, 0.15) is 36.6 Å². The lowest BCUT2D eigenvalue weighted by atomic mass is 9.86. The van der Waals surface area contributed by atoms with Crippen LogP contribution in [0, 0.1) is 12.4 Å². The van der Waals surface area contributed by atoms with Gasteiger partial charge in [-0.15, -0.1) is 0 Å². The highest BCUT2D eigenvalue weighted by atomic mass is 32.2. The summed E-state index contributed by atoms with van der Waals surface area (Å²) in [6, 6.07) is 6.51. The zero-order chi connectivity index (χ0) is 23.3. The minimum Gasteiger partial charge on any atom is -0.386 e. The Bertz CT molecular complexity index is 1300. The lowest BCUT2D eigenvalue weighted by molar-refractivity contribution is 0.415. The van der Waals surface area contributed by atoms with E-state index in [4.69, 9.17) is 12.3 Å². The van der Waals surface area contributed by atoms with Gasteiger partial charge in [-0.1, -0.05) is 12.1 Å². The number of benzene rings is 1. The van der Waals surface area contributed by atoms with Gasteiger partial charge < -0.3 is 5.73 Å². The third-order valence-electron chi connectivity index (χ3n) is 6.34. The molecule has 0 aliphatic carbocycles. The fourth-order valence-electron chi connectivity index (χ4n) is 4.49. The van der Waals surface area contributed by atoms with Crippen molar-refractivity contribution in [2.75, 3.05) is 6.67 Å². The van der Waals surface area contributed by atoms with Gasteiger partial charge in [-0.25, -0.2) is 26.4 Å². The minimum atomic E-state index is -4.07. The Morgan fingerprint density at radius 1 is 1.38 bits per heavy atom. The first-order valence-electron chi connectivity index (χ1n) is 9.75. The maximum absolute atomic E-state index is 14.9. The molecule has 166 valence electrons. The predicted molar refractivity (Wildman–Crippen MR) is 116 cm³/mol. The molecule has 1 fully saturated rings. The number of fused-ring (bicyclic) bond motifs is 2. The van der Waals surface area contributed by atoms with Crippen LogP contribution in [0.4, 0.5) is 18.9 Å². The zero-order valence-electron chi connectivity index (χ0n) is 17.0. The van der Waals surface area contributed by atoms with Crippen LogP contribution in [0.3, 0.4) is 0 Å². The molecule has 1 aromatic heterocycles. The predicted octanol–water partition coefficient (Wildman–Crippen LogP) is 4.11. The van der Waals surface area contributed by atoms with E-state index in [0.717, 1.165) is 12.1 Å². The molecule has 2 aliphatic heterocycles. The van der Waals surface area contributed by atoms with Gasteiger partial charge in [0.15, 0.2) is 14.6 Å². The third-order valence-corrected chi connectivity index (χ3v) is 9.40. The van der Waals surface area contributed by atoms with Crippen LogP contribution in [-0.4, -0.2) is 35.9 Å². The van der Waals surface area contributed by atoms with Crippen molar-refractivity contribution in [3.8, 4) is 0 Å². The Morgan fingerprint density at radius 3 is 2.75 bits per heavy atom. The molecule has 3 heterocycles. The van der Waals surface area contributed by atoms with E-state index in [2.05, 4.69) is 14.8 Å². The number of hydrogen-bond acceptors (Lipinski definition) is 5. The van der Waals surface area contributed by atoms with Crippen LogP contribution in [0.2, 0.25) is 0 Å². The number of hydrogen-bond donors (Lipinski definition) is 1. The van der Waals surface area contributed by atoms with Crippen molar-refractivity contribution in [2.24, 2.45) is 10.7 Å². The first-order valence-corrected chi connectivity index (χ1v) is 11.3.